The van der Waals surface area contributed by atoms with E-state index in [9.17, 15) is 19.7 Å². The Hall–Kier alpha value is -2.48. The molecule has 0 spiro atoms. The van der Waals surface area contributed by atoms with E-state index < -0.39 is 10.5 Å². The van der Waals surface area contributed by atoms with Crippen LogP contribution in [0.5, 0.6) is 0 Å². The molecule has 1 aliphatic rings. The number of thiophene rings is 1. The average molecular weight is 361 g/mol. The highest BCUT2D eigenvalue weighted by Crippen LogP contribution is 2.37. The lowest BCUT2D eigenvalue weighted by Crippen LogP contribution is -2.36. The van der Waals surface area contributed by atoms with Gasteiger partial charge in [-0.2, -0.15) is 0 Å². The van der Waals surface area contributed by atoms with Crippen LogP contribution in [0.2, 0.25) is 0 Å². The summed E-state index contributed by atoms with van der Waals surface area (Å²) in [5.41, 5.74) is -0.646. The van der Waals surface area contributed by atoms with Crippen LogP contribution in [-0.4, -0.2) is 15.4 Å². The molecule has 25 heavy (non-hydrogen) atoms. The number of aromatic nitrogens is 1. The summed E-state index contributed by atoms with van der Waals surface area (Å²) in [6.45, 7) is -0.227. The van der Waals surface area contributed by atoms with Gasteiger partial charge in [0.05, 0.1) is 17.2 Å². The smallest absolute Gasteiger partial charge is 0.285 e. The molecular weight excluding hydrogens is 342 g/mol. The van der Waals surface area contributed by atoms with Crippen molar-refractivity contribution in [3.8, 4) is 0 Å². The lowest BCUT2D eigenvalue weighted by molar-refractivity contribution is -0.385. The summed E-state index contributed by atoms with van der Waals surface area (Å²) in [5.74, 6) is 0.0809. The summed E-state index contributed by atoms with van der Waals surface area (Å²) in [6.07, 6.45) is 5.57. The van der Waals surface area contributed by atoms with E-state index in [1.165, 1.54) is 0 Å². The molecule has 0 aliphatic heterocycles. The Morgan fingerprint density at radius 1 is 1.36 bits per heavy atom. The standard InChI is InChI=1S/C17H19N3O4S/c21-15(11-19-10-13(20(23)24)7-8-16(19)22)18-17(12-4-1-2-5-12)14-6-3-9-25-14/h3,6-10,12,17H,1-2,4-5,11H2,(H,18,21)/t17-/m1/s1. The fraction of sp³-hybridized carbons (Fsp3) is 0.412. The van der Waals surface area contributed by atoms with Gasteiger partial charge in [-0.1, -0.05) is 18.9 Å². The van der Waals surface area contributed by atoms with Crippen molar-refractivity contribution in [1.82, 2.24) is 9.88 Å². The predicted octanol–water partition coefficient (Wildman–Crippen LogP) is 2.87. The Bertz CT molecular complexity index is 810. The molecule has 2 aromatic rings. The average Bonchev–Trinajstić information content (AvgIpc) is 3.28. The first-order valence-electron chi connectivity index (χ1n) is 8.22. The third-order valence-electron chi connectivity index (χ3n) is 4.53. The van der Waals surface area contributed by atoms with Gasteiger partial charge < -0.3 is 5.32 Å². The van der Waals surface area contributed by atoms with Gasteiger partial charge in [0.15, 0.2) is 0 Å². The fourth-order valence-corrected chi connectivity index (χ4v) is 4.17. The van der Waals surface area contributed by atoms with Crippen molar-refractivity contribution in [3.63, 3.8) is 0 Å². The molecule has 8 heteroatoms. The molecule has 0 bridgehead atoms. The monoisotopic (exact) mass is 361 g/mol. The largest absolute Gasteiger partial charge is 0.347 e. The Labute approximate surface area is 148 Å². The molecule has 1 atom stereocenters. The van der Waals surface area contributed by atoms with E-state index in [0.29, 0.717) is 5.92 Å². The van der Waals surface area contributed by atoms with Crippen LogP contribution in [0.3, 0.4) is 0 Å². The van der Waals surface area contributed by atoms with Crippen LogP contribution >= 0.6 is 11.3 Å². The lowest BCUT2D eigenvalue weighted by Gasteiger charge is -2.24. The number of rotatable bonds is 6. The Balaban J connectivity index is 1.75. The van der Waals surface area contributed by atoms with Gasteiger partial charge in [0.1, 0.15) is 6.54 Å². The second-order valence-corrected chi connectivity index (χ2v) is 7.19. The van der Waals surface area contributed by atoms with Gasteiger partial charge in [0.25, 0.3) is 11.2 Å². The van der Waals surface area contributed by atoms with Crippen LogP contribution in [0, 0.1) is 16.0 Å². The molecule has 1 aliphatic carbocycles. The van der Waals surface area contributed by atoms with Crippen molar-refractivity contribution in [1.29, 1.82) is 0 Å². The molecule has 2 heterocycles. The summed E-state index contributed by atoms with van der Waals surface area (Å²) in [6, 6.07) is 6.15. The molecule has 7 nitrogen and oxygen atoms in total. The molecule has 0 aromatic carbocycles. The molecule has 0 radical (unpaired) electrons. The van der Waals surface area contributed by atoms with E-state index in [2.05, 4.69) is 5.32 Å². The number of nitrogens with one attached hydrogen (secondary N) is 1. The minimum Gasteiger partial charge on any atom is -0.347 e. The molecule has 1 fully saturated rings. The summed E-state index contributed by atoms with van der Waals surface area (Å²) in [4.78, 5) is 35.7. The zero-order valence-corrected chi connectivity index (χ0v) is 14.4. The second-order valence-electron chi connectivity index (χ2n) is 6.22. The van der Waals surface area contributed by atoms with Crippen molar-refractivity contribution in [2.75, 3.05) is 0 Å². The molecule has 2 aromatic heterocycles. The van der Waals surface area contributed by atoms with Crippen LogP contribution < -0.4 is 10.9 Å². The van der Waals surface area contributed by atoms with Crippen molar-refractivity contribution >= 4 is 22.9 Å². The van der Waals surface area contributed by atoms with Gasteiger partial charge in [0.2, 0.25) is 5.91 Å². The number of pyridine rings is 1. The van der Waals surface area contributed by atoms with E-state index in [0.717, 1.165) is 53.5 Å². The number of carbonyl (C=O) groups is 1. The maximum absolute atomic E-state index is 12.5. The zero-order chi connectivity index (χ0) is 17.8. The first-order chi connectivity index (χ1) is 12.0. The fourth-order valence-electron chi connectivity index (χ4n) is 3.30. The van der Waals surface area contributed by atoms with Gasteiger partial charge in [0, 0.05) is 17.0 Å². The molecule has 0 unspecified atom stereocenters. The Morgan fingerprint density at radius 2 is 2.12 bits per heavy atom. The third kappa shape index (κ3) is 4.14. The number of amides is 1. The second kappa shape index (κ2) is 7.60. The summed E-state index contributed by atoms with van der Waals surface area (Å²) in [5, 5.41) is 15.9. The first kappa shape index (κ1) is 17.3. The molecule has 1 saturated carbocycles. The van der Waals surface area contributed by atoms with Gasteiger partial charge in [-0.25, -0.2) is 0 Å². The van der Waals surface area contributed by atoms with Crippen LogP contribution in [0.1, 0.15) is 36.6 Å². The summed E-state index contributed by atoms with van der Waals surface area (Å²) >= 11 is 1.60. The molecule has 132 valence electrons. The first-order valence-corrected chi connectivity index (χ1v) is 9.10. The van der Waals surface area contributed by atoms with E-state index in [-0.39, 0.29) is 24.2 Å². The summed E-state index contributed by atoms with van der Waals surface area (Å²) in [7, 11) is 0. The van der Waals surface area contributed by atoms with Crippen LogP contribution in [-0.2, 0) is 11.3 Å². The number of hydrogen-bond acceptors (Lipinski definition) is 5. The van der Waals surface area contributed by atoms with Gasteiger partial charge >= 0.3 is 0 Å². The highest BCUT2D eigenvalue weighted by molar-refractivity contribution is 7.10. The number of nitro groups is 1. The SMILES string of the molecule is O=C(Cn1cc([N+](=O)[O-])ccc1=O)N[C@@H](c1cccs1)C1CCCC1. The Morgan fingerprint density at radius 3 is 2.76 bits per heavy atom. The van der Waals surface area contributed by atoms with Crippen molar-refractivity contribution in [3.05, 3.63) is 61.2 Å². The van der Waals surface area contributed by atoms with E-state index in [1.807, 2.05) is 17.5 Å². The predicted molar refractivity (Wildman–Crippen MR) is 94.5 cm³/mol. The molecular formula is C17H19N3O4S. The quantitative estimate of drug-likeness (QED) is 0.632. The molecule has 1 N–H and O–H groups in total. The van der Waals surface area contributed by atoms with Crippen LogP contribution in [0.25, 0.3) is 0 Å². The van der Waals surface area contributed by atoms with E-state index in [1.54, 1.807) is 11.3 Å². The highest BCUT2D eigenvalue weighted by Gasteiger charge is 2.28. The summed E-state index contributed by atoms with van der Waals surface area (Å²) < 4.78 is 1.08. The topological polar surface area (TPSA) is 94.2 Å². The Kier molecular flexibility index (Phi) is 5.28. The van der Waals surface area contributed by atoms with Crippen molar-refractivity contribution in [2.24, 2.45) is 5.92 Å². The minimum absolute atomic E-state index is 0.0654. The van der Waals surface area contributed by atoms with E-state index in [4.69, 9.17) is 0 Å². The number of hydrogen-bond donors (Lipinski definition) is 1. The highest BCUT2D eigenvalue weighted by atomic mass is 32.1. The van der Waals surface area contributed by atoms with Crippen molar-refractivity contribution in [2.45, 2.75) is 38.3 Å². The van der Waals surface area contributed by atoms with Crippen LogP contribution in [0.4, 0.5) is 5.69 Å². The lowest BCUT2D eigenvalue weighted by atomic mass is 9.96. The number of carbonyl (C=O) groups excluding carboxylic acids is 1. The third-order valence-corrected chi connectivity index (χ3v) is 5.49. The maximum Gasteiger partial charge on any atom is 0.285 e. The van der Waals surface area contributed by atoms with Crippen molar-refractivity contribution < 1.29 is 9.72 Å². The van der Waals surface area contributed by atoms with E-state index >= 15 is 0 Å². The van der Waals surface area contributed by atoms with Gasteiger partial charge in [-0.15, -0.1) is 11.3 Å². The number of nitrogens with zero attached hydrogens (tertiary/aromatic N) is 2. The maximum atomic E-state index is 12.5. The normalized spacial score (nSPS) is 15.8. The van der Waals surface area contributed by atoms with Gasteiger partial charge in [-0.3, -0.25) is 24.3 Å². The molecule has 1 amide bonds. The molecule has 0 saturated heterocycles. The van der Waals surface area contributed by atoms with Crippen LogP contribution in [0.15, 0.2) is 40.6 Å². The van der Waals surface area contributed by atoms with Gasteiger partial charge in [-0.05, 0) is 30.2 Å². The molecule has 3 rings (SSSR count). The zero-order valence-electron chi connectivity index (χ0n) is 13.6. The minimum atomic E-state index is -0.583.